The highest BCUT2D eigenvalue weighted by Crippen LogP contribution is 2.08. The van der Waals surface area contributed by atoms with Crippen LogP contribution in [0.4, 0.5) is 0 Å². The first kappa shape index (κ1) is 55.1. The van der Waals surface area contributed by atoms with Crippen molar-refractivity contribution in [1.82, 2.24) is 47.9 Å². The Labute approximate surface area is 370 Å². The fourth-order valence-electron chi connectivity index (χ4n) is 5.61. The quantitative estimate of drug-likeness (QED) is 0.0211. The van der Waals surface area contributed by atoms with E-state index in [-0.39, 0.29) is 38.3 Å². The highest BCUT2D eigenvalue weighted by Gasteiger charge is 2.32. The standard InChI is InChI=1S/C39H63N13O12/c1-20(2)31(36(62)47-19-30(58)59)50-29(57)18-46-37(63)32(21(3)4)52-35(61)24(12-9-13-43-39(41)42)48-27(55)17-45-34(60)25(14-23-10-7-6-8-11-23)49-38(64)33(22(5)53)51-28(56)16-44-26(54)15-40/h6-8,10-11,20-22,24-25,31-33,53H,9,12-19,40H2,1-5H3,(H,44,54)(H,45,60)(H,46,63)(H,47,62)(H,48,55)(H,49,64)(H,50,57)(H,51,56)(H,52,61)(H,58,59)(H4,41,42,43)/t22-,24+,25+,31+,32+,33+/m1/s1. The Balaban J connectivity index is 3.13. The molecule has 64 heavy (non-hydrogen) atoms. The Morgan fingerprint density at radius 3 is 1.59 bits per heavy atom. The molecule has 0 unspecified atom stereocenters. The topological polar surface area (TPSA) is 410 Å². The van der Waals surface area contributed by atoms with Crippen LogP contribution in [0.1, 0.15) is 53.0 Å². The third-order valence-electron chi connectivity index (χ3n) is 9.00. The number of nitrogens with two attached hydrogens (primary N) is 3. The number of carboxylic acid groups (broad SMARTS) is 1. The summed E-state index contributed by atoms with van der Waals surface area (Å²) in [7, 11) is 0. The van der Waals surface area contributed by atoms with Crippen molar-refractivity contribution in [2.75, 3.05) is 39.3 Å². The van der Waals surface area contributed by atoms with Gasteiger partial charge in [-0.25, -0.2) is 0 Å². The van der Waals surface area contributed by atoms with E-state index in [1.165, 1.54) is 6.92 Å². The minimum Gasteiger partial charge on any atom is -0.480 e. The zero-order chi connectivity index (χ0) is 48.5. The summed E-state index contributed by atoms with van der Waals surface area (Å²) in [5.74, 6) is -9.76. The summed E-state index contributed by atoms with van der Waals surface area (Å²) in [6.45, 7) is 4.83. The lowest BCUT2D eigenvalue weighted by molar-refractivity contribution is -0.138. The summed E-state index contributed by atoms with van der Waals surface area (Å²) in [4.78, 5) is 131. The molecule has 0 aliphatic carbocycles. The number of hydrogen-bond donors (Lipinski definition) is 14. The highest BCUT2D eigenvalue weighted by molar-refractivity contribution is 5.97. The van der Waals surface area contributed by atoms with Crippen LogP contribution >= 0.6 is 0 Å². The summed E-state index contributed by atoms with van der Waals surface area (Å²) < 4.78 is 0. The van der Waals surface area contributed by atoms with E-state index in [0.29, 0.717) is 5.56 Å². The number of nitrogens with one attached hydrogen (secondary N) is 9. The molecule has 0 bridgehead atoms. The number of amides is 9. The maximum absolute atomic E-state index is 13.7. The van der Waals surface area contributed by atoms with Crippen molar-refractivity contribution >= 4 is 65.1 Å². The molecule has 0 saturated heterocycles. The van der Waals surface area contributed by atoms with Gasteiger partial charge in [0, 0.05) is 13.0 Å². The molecule has 9 amide bonds. The lowest BCUT2D eigenvalue weighted by Crippen LogP contribution is -2.59. The Morgan fingerprint density at radius 2 is 1.08 bits per heavy atom. The Bertz CT molecular complexity index is 1810. The number of carboxylic acids is 1. The smallest absolute Gasteiger partial charge is 0.322 e. The molecule has 0 saturated carbocycles. The second-order valence-electron chi connectivity index (χ2n) is 15.2. The second kappa shape index (κ2) is 28.7. The maximum atomic E-state index is 13.7. The van der Waals surface area contributed by atoms with Gasteiger partial charge in [-0.1, -0.05) is 58.0 Å². The molecule has 1 aromatic rings. The number of benzene rings is 1. The number of rotatable bonds is 28. The van der Waals surface area contributed by atoms with E-state index >= 15 is 0 Å². The lowest BCUT2D eigenvalue weighted by Gasteiger charge is -2.26. The minimum atomic E-state index is -1.56. The summed E-state index contributed by atoms with van der Waals surface area (Å²) in [6.07, 6.45) is -1.42. The van der Waals surface area contributed by atoms with Crippen molar-refractivity contribution in [3.63, 3.8) is 0 Å². The number of guanidine groups is 1. The average Bonchev–Trinajstić information content (AvgIpc) is 3.23. The number of aliphatic imine (C=N–C) groups is 1. The van der Waals surface area contributed by atoms with Crippen LogP contribution in [0.3, 0.4) is 0 Å². The second-order valence-corrected chi connectivity index (χ2v) is 15.2. The van der Waals surface area contributed by atoms with E-state index in [1.54, 1.807) is 58.0 Å². The normalized spacial score (nSPS) is 13.6. The molecular formula is C39H63N13O12. The van der Waals surface area contributed by atoms with E-state index in [9.17, 15) is 53.1 Å². The van der Waals surface area contributed by atoms with Gasteiger partial charge in [-0.15, -0.1) is 0 Å². The maximum Gasteiger partial charge on any atom is 0.322 e. The Morgan fingerprint density at radius 1 is 0.578 bits per heavy atom. The van der Waals surface area contributed by atoms with Crippen LogP contribution in [0.5, 0.6) is 0 Å². The van der Waals surface area contributed by atoms with E-state index in [0.717, 1.165) is 0 Å². The van der Waals surface area contributed by atoms with E-state index in [1.807, 2.05) is 0 Å². The molecule has 0 aliphatic heterocycles. The van der Waals surface area contributed by atoms with Gasteiger partial charge in [-0.05, 0) is 37.2 Å². The Kier molecular flexibility index (Phi) is 24.7. The van der Waals surface area contributed by atoms with Crippen LogP contribution < -0.4 is 65.1 Å². The molecule has 1 rings (SSSR count). The van der Waals surface area contributed by atoms with Crippen LogP contribution in [0.25, 0.3) is 0 Å². The van der Waals surface area contributed by atoms with Crippen molar-refractivity contribution in [3.05, 3.63) is 35.9 Å². The monoisotopic (exact) mass is 905 g/mol. The number of aliphatic hydroxyl groups excluding tert-OH is 1. The molecule has 0 aliphatic rings. The molecule has 0 radical (unpaired) electrons. The van der Waals surface area contributed by atoms with Gasteiger partial charge in [0.2, 0.25) is 53.2 Å². The molecule has 0 spiro atoms. The first-order chi connectivity index (χ1) is 30.0. The van der Waals surface area contributed by atoms with Crippen LogP contribution in [-0.2, 0) is 54.4 Å². The molecular weight excluding hydrogens is 843 g/mol. The van der Waals surface area contributed by atoms with Crippen LogP contribution in [0.2, 0.25) is 0 Å². The van der Waals surface area contributed by atoms with E-state index < -0.39 is 133 Å². The minimum absolute atomic E-state index is 0.0489. The van der Waals surface area contributed by atoms with Crippen LogP contribution in [-0.4, -0.2) is 151 Å². The summed E-state index contributed by atoms with van der Waals surface area (Å²) >= 11 is 0. The first-order valence-electron chi connectivity index (χ1n) is 20.3. The van der Waals surface area contributed by atoms with Crippen LogP contribution in [0, 0.1) is 11.8 Å². The highest BCUT2D eigenvalue weighted by atomic mass is 16.4. The summed E-state index contributed by atoms with van der Waals surface area (Å²) in [5, 5.41) is 40.7. The predicted octanol–water partition coefficient (Wildman–Crippen LogP) is -6.09. The third kappa shape index (κ3) is 21.8. The molecule has 356 valence electrons. The van der Waals surface area contributed by atoms with Crippen molar-refractivity contribution in [2.24, 2.45) is 34.0 Å². The van der Waals surface area contributed by atoms with Gasteiger partial charge in [0.05, 0.1) is 32.3 Å². The molecule has 6 atom stereocenters. The molecule has 0 aromatic heterocycles. The van der Waals surface area contributed by atoms with Gasteiger partial charge < -0.3 is 75.3 Å². The van der Waals surface area contributed by atoms with Gasteiger partial charge in [0.1, 0.15) is 36.8 Å². The van der Waals surface area contributed by atoms with Gasteiger partial charge in [0.25, 0.3) is 0 Å². The number of hydrogen-bond acceptors (Lipinski definition) is 13. The van der Waals surface area contributed by atoms with Gasteiger partial charge in [-0.3, -0.25) is 52.9 Å². The Hall–Kier alpha value is -6.89. The lowest BCUT2D eigenvalue weighted by atomic mass is 10.0. The van der Waals surface area contributed by atoms with Crippen molar-refractivity contribution < 1.29 is 58.2 Å². The fraction of sp³-hybridized carbons (Fsp3) is 0.564. The third-order valence-corrected chi connectivity index (χ3v) is 9.00. The number of carbonyl (C=O) groups excluding carboxylic acids is 9. The SMILES string of the molecule is CC(C)[C@H](NC(=O)CNC(=O)[C@@H](NC(=O)[C@H](CCCN=C(N)N)NC(=O)CNC(=O)[C@H](Cc1ccccc1)NC(=O)[C@@H](NC(=O)CNC(=O)CN)[C@@H](C)O)C(C)C)C(=O)NCC(=O)O. The van der Waals surface area contributed by atoms with Crippen molar-refractivity contribution in [1.29, 1.82) is 0 Å². The fourth-order valence-corrected chi connectivity index (χ4v) is 5.61. The van der Waals surface area contributed by atoms with Crippen molar-refractivity contribution in [2.45, 2.75) is 90.2 Å². The predicted molar refractivity (Wildman–Crippen MR) is 230 cm³/mol. The number of aliphatic carboxylic acids is 1. The molecule has 25 heteroatoms. The van der Waals surface area contributed by atoms with Crippen LogP contribution in [0.15, 0.2) is 35.3 Å². The van der Waals surface area contributed by atoms with E-state index in [4.69, 9.17) is 22.3 Å². The molecule has 0 fully saturated rings. The number of aliphatic hydroxyl groups is 1. The summed E-state index contributed by atoms with van der Waals surface area (Å²) in [5.41, 5.74) is 16.6. The first-order valence-corrected chi connectivity index (χ1v) is 20.3. The number of carbonyl (C=O) groups is 10. The number of nitrogens with zero attached hydrogens (tertiary/aromatic N) is 1. The van der Waals surface area contributed by atoms with E-state index in [2.05, 4.69) is 52.8 Å². The average molecular weight is 906 g/mol. The van der Waals surface area contributed by atoms with Gasteiger partial charge >= 0.3 is 5.97 Å². The molecule has 25 nitrogen and oxygen atoms in total. The summed E-state index contributed by atoms with van der Waals surface area (Å²) in [6, 6.07) is 1.88. The molecule has 1 aromatic carbocycles. The van der Waals surface area contributed by atoms with Gasteiger partial charge in [-0.2, -0.15) is 0 Å². The zero-order valence-corrected chi connectivity index (χ0v) is 36.5. The molecule has 17 N–H and O–H groups in total. The molecule has 0 heterocycles. The van der Waals surface area contributed by atoms with Crippen molar-refractivity contribution in [3.8, 4) is 0 Å². The largest absolute Gasteiger partial charge is 0.480 e. The zero-order valence-electron chi connectivity index (χ0n) is 36.5. The van der Waals surface area contributed by atoms with Gasteiger partial charge in [0.15, 0.2) is 5.96 Å².